The first-order chi connectivity index (χ1) is 8.82. The summed E-state index contributed by atoms with van der Waals surface area (Å²) in [6, 6.07) is 1.74. The minimum absolute atomic E-state index is 0.0975. The Bertz CT molecular complexity index is 447. The summed E-state index contributed by atoms with van der Waals surface area (Å²) < 4.78 is 26.4. The fraction of sp³-hybridized carbons (Fsp3) is 0.417. The van der Waals surface area contributed by atoms with Crippen LogP contribution in [0.3, 0.4) is 0 Å². The maximum atomic E-state index is 13.2. The van der Waals surface area contributed by atoms with Crippen LogP contribution in [0.1, 0.15) is 25.0 Å². The molecule has 0 radical (unpaired) electrons. The average molecular weight is 311 g/mol. The molecule has 0 saturated heterocycles. The number of aliphatic hydroxyl groups is 2. The number of halogens is 3. The summed E-state index contributed by atoms with van der Waals surface area (Å²) in [6.07, 6.45) is -2.53. The summed E-state index contributed by atoms with van der Waals surface area (Å²) in [5, 5.41) is 18.7. The van der Waals surface area contributed by atoms with E-state index in [1.165, 1.54) is 6.92 Å². The Hall–Kier alpha value is -0.690. The van der Waals surface area contributed by atoms with Crippen LogP contribution >= 0.6 is 23.4 Å². The lowest BCUT2D eigenvalue weighted by Gasteiger charge is -2.18. The number of carbonyl (C=O) groups excluding carboxylic acids is 1. The molecular weight excluding hydrogens is 298 g/mol. The minimum Gasteiger partial charge on any atom is -0.390 e. The second-order valence-corrected chi connectivity index (χ2v) is 5.59. The zero-order chi connectivity index (χ0) is 14.6. The number of thioether (sulfide) groups is 1. The highest BCUT2D eigenvalue weighted by molar-refractivity contribution is 8.13. The molecule has 2 N–H and O–H groups in total. The highest BCUT2D eigenvalue weighted by atomic mass is 35.5. The summed E-state index contributed by atoms with van der Waals surface area (Å²) in [7, 11) is 0. The standard InChI is InChI=1S/C12H13ClF2O3S/c1-6(16)19-3-2-10(17)12(18)7-4-8(14)11(13)9(15)5-7/h4-5,10,12,17-18H,2-3H2,1H3. The number of carbonyl (C=O) groups is 1. The van der Waals surface area contributed by atoms with E-state index in [0.717, 1.165) is 23.9 Å². The van der Waals surface area contributed by atoms with Gasteiger partial charge in [-0.3, -0.25) is 4.79 Å². The topological polar surface area (TPSA) is 57.5 Å². The van der Waals surface area contributed by atoms with Crippen molar-refractivity contribution in [1.29, 1.82) is 0 Å². The molecule has 1 aromatic rings. The second-order valence-electron chi connectivity index (χ2n) is 3.94. The van der Waals surface area contributed by atoms with E-state index in [0.29, 0.717) is 5.75 Å². The summed E-state index contributed by atoms with van der Waals surface area (Å²) in [5.41, 5.74) is -0.0975. The Morgan fingerprint density at radius 3 is 2.37 bits per heavy atom. The first-order valence-corrected chi connectivity index (χ1v) is 6.83. The Morgan fingerprint density at radius 2 is 1.89 bits per heavy atom. The van der Waals surface area contributed by atoms with E-state index < -0.39 is 28.9 Å². The molecule has 0 saturated carbocycles. The molecule has 2 unspecified atom stereocenters. The monoisotopic (exact) mass is 310 g/mol. The fourth-order valence-corrected chi connectivity index (χ4v) is 2.21. The van der Waals surface area contributed by atoms with Gasteiger partial charge in [0.1, 0.15) is 22.8 Å². The molecule has 0 spiro atoms. The highest BCUT2D eigenvalue weighted by Gasteiger charge is 2.21. The number of hydrogen-bond acceptors (Lipinski definition) is 4. The average Bonchev–Trinajstić information content (AvgIpc) is 2.33. The summed E-state index contributed by atoms with van der Waals surface area (Å²) in [5.74, 6) is -1.69. The van der Waals surface area contributed by atoms with Gasteiger partial charge in [0, 0.05) is 12.7 Å². The van der Waals surface area contributed by atoms with Gasteiger partial charge in [-0.2, -0.15) is 0 Å². The van der Waals surface area contributed by atoms with Gasteiger partial charge in [0.2, 0.25) is 0 Å². The number of rotatable bonds is 5. The zero-order valence-electron chi connectivity index (χ0n) is 10.1. The van der Waals surface area contributed by atoms with Crippen molar-refractivity contribution >= 4 is 28.5 Å². The van der Waals surface area contributed by atoms with Crippen molar-refractivity contribution in [3.8, 4) is 0 Å². The summed E-state index contributed by atoms with van der Waals surface area (Å²) in [4.78, 5) is 10.7. The zero-order valence-corrected chi connectivity index (χ0v) is 11.6. The van der Waals surface area contributed by atoms with Crippen molar-refractivity contribution in [2.24, 2.45) is 0 Å². The van der Waals surface area contributed by atoms with Gasteiger partial charge < -0.3 is 10.2 Å². The molecule has 0 fully saturated rings. The van der Waals surface area contributed by atoms with Gasteiger partial charge in [-0.05, 0) is 24.1 Å². The van der Waals surface area contributed by atoms with Crippen molar-refractivity contribution in [2.75, 3.05) is 5.75 Å². The van der Waals surface area contributed by atoms with Crippen molar-refractivity contribution < 1.29 is 23.8 Å². The Labute approximate surface area is 118 Å². The lowest BCUT2D eigenvalue weighted by molar-refractivity contribution is -0.109. The molecule has 0 heterocycles. The molecule has 2 atom stereocenters. The molecule has 0 aliphatic rings. The summed E-state index contributed by atoms with van der Waals surface area (Å²) >= 11 is 6.32. The van der Waals surface area contributed by atoms with Crippen molar-refractivity contribution in [1.82, 2.24) is 0 Å². The van der Waals surface area contributed by atoms with Crippen LogP contribution in [0.15, 0.2) is 12.1 Å². The highest BCUT2D eigenvalue weighted by Crippen LogP contribution is 2.26. The molecule has 7 heteroatoms. The molecule has 3 nitrogen and oxygen atoms in total. The lowest BCUT2D eigenvalue weighted by Crippen LogP contribution is -2.19. The molecule has 0 bridgehead atoms. The molecule has 0 aliphatic carbocycles. The predicted molar refractivity (Wildman–Crippen MR) is 70.1 cm³/mol. The maximum Gasteiger partial charge on any atom is 0.185 e. The van der Waals surface area contributed by atoms with Crippen LogP contribution in [-0.2, 0) is 4.79 Å². The van der Waals surface area contributed by atoms with E-state index in [9.17, 15) is 23.8 Å². The third kappa shape index (κ3) is 4.72. The van der Waals surface area contributed by atoms with E-state index in [-0.39, 0.29) is 17.1 Å². The first-order valence-electron chi connectivity index (χ1n) is 5.47. The van der Waals surface area contributed by atoms with Crippen LogP contribution in [-0.4, -0.2) is 27.2 Å². The van der Waals surface area contributed by atoms with Gasteiger partial charge in [-0.15, -0.1) is 0 Å². The molecule has 0 amide bonds. The van der Waals surface area contributed by atoms with Crippen molar-refractivity contribution in [2.45, 2.75) is 25.6 Å². The van der Waals surface area contributed by atoms with Crippen LogP contribution in [0, 0.1) is 11.6 Å². The number of aliphatic hydroxyl groups excluding tert-OH is 2. The molecule has 1 aromatic carbocycles. The molecule has 1 rings (SSSR count). The third-order valence-electron chi connectivity index (χ3n) is 2.43. The SMILES string of the molecule is CC(=O)SCCC(O)C(O)c1cc(F)c(Cl)c(F)c1. The van der Waals surface area contributed by atoms with Crippen molar-refractivity contribution in [3.63, 3.8) is 0 Å². The van der Waals surface area contributed by atoms with E-state index in [1.807, 2.05) is 0 Å². The van der Waals surface area contributed by atoms with Crippen LogP contribution in [0.4, 0.5) is 8.78 Å². The number of hydrogen-bond donors (Lipinski definition) is 2. The van der Waals surface area contributed by atoms with Crippen LogP contribution in [0.2, 0.25) is 5.02 Å². The normalized spacial score (nSPS) is 14.2. The van der Waals surface area contributed by atoms with E-state index in [4.69, 9.17) is 11.6 Å². The van der Waals surface area contributed by atoms with E-state index in [1.54, 1.807) is 0 Å². The predicted octanol–water partition coefficient (Wildman–Crippen LogP) is 2.68. The maximum absolute atomic E-state index is 13.2. The van der Waals surface area contributed by atoms with Gasteiger partial charge in [0.25, 0.3) is 0 Å². The first kappa shape index (κ1) is 16.4. The molecule has 19 heavy (non-hydrogen) atoms. The fourth-order valence-electron chi connectivity index (χ4n) is 1.45. The van der Waals surface area contributed by atoms with Crippen LogP contribution in [0.25, 0.3) is 0 Å². The largest absolute Gasteiger partial charge is 0.390 e. The minimum atomic E-state index is -1.44. The Balaban J connectivity index is 2.71. The molecular formula is C12H13ClF2O3S. The van der Waals surface area contributed by atoms with Gasteiger partial charge in [0.15, 0.2) is 5.12 Å². The Morgan fingerprint density at radius 1 is 1.37 bits per heavy atom. The lowest BCUT2D eigenvalue weighted by atomic mass is 10.0. The van der Waals surface area contributed by atoms with Crippen LogP contribution < -0.4 is 0 Å². The quantitative estimate of drug-likeness (QED) is 0.821. The summed E-state index contributed by atoms with van der Waals surface area (Å²) in [6.45, 7) is 1.39. The van der Waals surface area contributed by atoms with Gasteiger partial charge in [0.05, 0.1) is 6.10 Å². The number of benzene rings is 1. The molecule has 0 aliphatic heterocycles. The van der Waals surface area contributed by atoms with Gasteiger partial charge in [-0.1, -0.05) is 23.4 Å². The molecule has 0 aromatic heterocycles. The van der Waals surface area contributed by atoms with Gasteiger partial charge in [-0.25, -0.2) is 8.78 Å². The third-order valence-corrected chi connectivity index (χ3v) is 3.64. The van der Waals surface area contributed by atoms with Crippen LogP contribution in [0.5, 0.6) is 0 Å². The van der Waals surface area contributed by atoms with E-state index >= 15 is 0 Å². The second kappa shape index (κ2) is 7.19. The Kier molecular flexibility index (Phi) is 6.19. The van der Waals surface area contributed by atoms with E-state index in [2.05, 4.69) is 0 Å². The molecule has 106 valence electrons. The smallest absolute Gasteiger partial charge is 0.185 e. The van der Waals surface area contributed by atoms with Crippen molar-refractivity contribution in [3.05, 3.63) is 34.4 Å². The van der Waals surface area contributed by atoms with Gasteiger partial charge >= 0.3 is 0 Å².